The Hall–Kier alpha value is -2.76. The minimum Gasteiger partial charge on any atom is -0.461 e. The summed E-state index contributed by atoms with van der Waals surface area (Å²) < 4.78 is 7.74. The lowest BCUT2D eigenvalue weighted by Gasteiger charge is -2.11. The van der Waals surface area contributed by atoms with E-state index in [1.807, 2.05) is 36.9 Å². The second-order valence-electron chi connectivity index (χ2n) is 6.13. The lowest BCUT2D eigenvalue weighted by molar-refractivity contribution is 0.544. The van der Waals surface area contributed by atoms with E-state index in [2.05, 4.69) is 39.8 Å². The molecule has 2 aromatic heterocycles. The smallest absolute Gasteiger partial charge is 0.191 e. The summed E-state index contributed by atoms with van der Waals surface area (Å²) in [5.74, 6) is 1.75. The largest absolute Gasteiger partial charge is 0.461 e. The molecule has 0 amide bonds. The topological polar surface area (TPSA) is 67.4 Å². The fraction of sp³-hybridized carbons (Fsp3) is 0.368. The number of aliphatic imine (C=N–C) groups is 1. The molecule has 0 saturated heterocycles. The quantitative estimate of drug-likeness (QED) is 0.554. The van der Waals surface area contributed by atoms with Crippen molar-refractivity contribution in [1.82, 2.24) is 20.4 Å². The number of hydrogen-bond acceptors (Lipinski definition) is 3. The number of benzene rings is 1. The highest BCUT2D eigenvalue weighted by molar-refractivity contribution is 5.80. The van der Waals surface area contributed by atoms with E-state index in [1.54, 1.807) is 7.05 Å². The SMILES string of the molecule is CN=C(NCCc1cc2ccccc2o1)NCc1c(C)nn(C)c1C. The minimum absolute atomic E-state index is 0.704. The number of guanidine groups is 1. The number of aromatic nitrogens is 2. The molecule has 0 aliphatic heterocycles. The zero-order valence-electron chi connectivity index (χ0n) is 15.3. The maximum Gasteiger partial charge on any atom is 0.191 e. The average Bonchev–Trinajstić information content (AvgIpc) is 3.12. The fourth-order valence-electron chi connectivity index (χ4n) is 2.93. The first-order chi connectivity index (χ1) is 12.1. The Morgan fingerprint density at radius 3 is 2.72 bits per heavy atom. The van der Waals surface area contributed by atoms with Crippen LogP contribution in [0, 0.1) is 13.8 Å². The van der Waals surface area contributed by atoms with Gasteiger partial charge < -0.3 is 15.1 Å². The number of fused-ring (bicyclic) bond motifs is 1. The van der Waals surface area contributed by atoms with Gasteiger partial charge in [-0.15, -0.1) is 0 Å². The highest BCUT2D eigenvalue weighted by atomic mass is 16.3. The molecule has 0 saturated carbocycles. The van der Waals surface area contributed by atoms with Crippen LogP contribution in [0.3, 0.4) is 0 Å². The van der Waals surface area contributed by atoms with Gasteiger partial charge in [0.05, 0.1) is 5.69 Å². The molecule has 2 N–H and O–H groups in total. The molecule has 0 unspecified atom stereocenters. The van der Waals surface area contributed by atoms with Gasteiger partial charge in [0.2, 0.25) is 0 Å². The predicted octanol–water partition coefficient (Wildman–Crippen LogP) is 2.69. The third-order valence-electron chi connectivity index (χ3n) is 4.46. The Morgan fingerprint density at radius 2 is 2.04 bits per heavy atom. The van der Waals surface area contributed by atoms with Crippen molar-refractivity contribution in [3.63, 3.8) is 0 Å². The number of rotatable bonds is 5. The summed E-state index contributed by atoms with van der Waals surface area (Å²) in [6, 6.07) is 10.2. The maximum atomic E-state index is 5.84. The van der Waals surface area contributed by atoms with E-state index in [9.17, 15) is 0 Å². The molecule has 132 valence electrons. The predicted molar refractivity (Wildman–Crippen MR) is 101 cm³/mol. The van der Waals surface area contributed by atoms with Crippen LogP contribution >= 0.6 is 0 Å². The first kappa shape index (κ1) is 17.1. The number of para-hydroxylation sites is 1. The first-order valence-electron chi connectivity index (χ1n) is 8.49. The Labute approximate surface area is 147 Å². The van der Waals surface area contributed by atoms with E-state index in [1.165, 1.54) is 11.3 Å². The molecular weight excluding hydrogens is 314 g/mol. The number of nitrogens with zero attached hydrogens (tertiary/aromatic N) is 3. The number of furan rings is 1. The Morgan fingerprint density at radius 1 is 1.24 bits per heavy atom. The van der Waals surface area contributed by atoms with Crippen molar-refractivity contribution in [2.24, 2.45) is 12.0 Å². The van der Waals surface area contributed by atoms with Crippen LogP contribution in [0.4, 0.5) is 0 Å². The van der Waals surface area contributed by atoms with Gasteiger partial charge in [-0.25, -0.2) is 0 Å². The van der Waals surface area contributed by atoms with E-state index in [0.717, 1.165) is 41.3 Å². The molecule has 1 aromatic carbocycles. The van der Waals surface area contributed by atoms with Gasteiger partial charge in [0.15, 0.2) is 5.96 Å². The summed E-state index contributed by atoms with van der Waals surface area (Å²) in [7, 11) is 3.74. The molecule has 0 bridgehead atoms. The van der Waals surface area contributed by atoms with Gasteiger partial charge >= 0.3 is 0 Å². The Kier molecular flexibility index (Phi) is 5.07. The van der Waals surface area contributed by atoms with Crippen LogP contribution in [0.1, 0.15) is 22.7 Å². The van der Waals surface area contributed by atoms with Crippen molar-refractivity contribution >= 4 is 16.9 Å². The van der Waals surface area contributed by atoms with Crippen LogP contribution in [0.15, 0.2) is 39.7 Å². The van der Waals surface area contributed by atoms with E-state index < -0.39 is 0 Å². The van der Waals surface area contributed by atoms with Crippen LogP contribution in [-0.2, 0) is 20.0 Å². The van der Waals surface area contributed by atoms with Crippen LogP contribution in [0.2, 0.25) is 0 Å². The highest BCUT2D eigenvalue weighted by Crippen LogP contribution is 2.18. The summed E-state index contributed by atoms with van der Waals surface area (Å²) in [4.78, 5) is 4.28. The van der Waals surface area contributed by atoms with Crippen LogP contribution < -0.4 is 10.6 Å². The van der Waals surface area contributed by atoms with Crippen LogP contribution in [0.5, 0.6) is 0 Å². The second kappa shape index (κ2) is 7.42. The van der Waals surface area contributed by atoms with E-state index in [-0.39, 0.29) is 0 Å². The van der Waals surface area contributed by atoms with Crippen molar-refractivity contribution < 1.29 is 4.42 Å². The van der Waals surface area contributed by atoms with Crippen molar-refractivity contribution in [3.05, 3.63) is 53.0 Å². The number of aryl methyl sites for hydroxylation is 2. The lowest BCUT2D eigenvalue weighted by Crippen LogP contribution is -2.38. The lowest BCUT2D eigenvalue weighted by atomic mass is 10.2. The Bertz CT molecular complexity index is 857. The van der Waals surface area contributed by atoms with Crippen molar-refractivity contribution in [3.8, 4) is 0 Å². The van der Waals surface area contributed by atoms with Gasteiger partial charge in [-0.05, 0) is 26.0 Å². The maximum absolute atomic E-state index is 5.84. The average molecular weight is 339 g/mol. The van der Waals surface area contributed by atoms with Gasteiger partial charge in [0.1, 0.15) is 11.3 Å². The molecule has 3 rings (SSSR count). The van der Waals surface area contributed by atoms with Crippen molar-refractivity contribution in [1.29, 1.82) is 0 Å². The molecule has 0 spiro atoms. The zero-order chi connectivity index (χ0) is 17.8. The van der Waals surface area contributed by atoms with Crippen LogP contribution in [-0.4, -0.2) is 29.3 Å². The monoisotopic (exact) mass is 339 g/mol. The summed E-state index contributed by atoms with van der Waals surface area (Å²) in [6.07, 6.45) is 0.806. The van der Waals surface area contributed by atoms with Gasteiger partial charge in [-0.1, -0.05) is 18.2 Å². The summed E-state index contributed by atoms with van der Waals surface area (Å²) in [5, 5.41) is 12.3. The fourth-order valence-corrected chi connectivity index (χ4v) is 2.93. The normalized spacial score (nSPS) is 11.9. The molecular formula is C19H25N5O. The summed E-state index contributed by atoms with van der Waals surface area (Å²) in [6.45, 7) is 5.57. The molecule has 0 atom stereocenters. The molecule has 2 heterocycles. The number of hydrogen-bond donors (Lipinski definition) is 2. The molecule has 3 aromatic rings. The molecule has 0 radical (unpaired) electrons. The molecule has 6 heteroatoms. The third kappa shape index (κ3) is 3.84. The first-order valence-corrected chi connectivity index (χ1v) is 8.49. The van der Waals surface area contributed by atoms with E-state index in [0.29, 0.717) is 6.54 Å². The second-order valence-corrected chi connectivity index (χ2v) is 6.13. The zero-order valence-corrected chi connectivity index (χ0v) is 15.3. The van der Waals surface area contributed by atoms with Gasteiger partial charge in [-0.2, -0.15) is 5.10 Å². The van der Waals surface area contributed by atoms with E-state index in [4.69, 9.17) is 4.42 Å². The van der Waals surface area contributed by atoms with Crippen molar-refractivity contribution in [2.75, 3.05) is 13.6 Å². The molecule has 0 aliphatic rings. The van der Waals surface area contributed by atoms with Gasteiger partial charge in [-0.3, -0.25) is 9.67 Å². The van der Waals surface area contributed by atoms with Crippen LogP contribution in [0.25, 0.3) is 11.0 Å². The minimum atomic E-state index is 0.704. The van der Waals surface area contributed by atoms with Gasteiger partial charge in [0.25, 0.3) is 0 Å². The Balaban J connectivity index is 1.52. The van der Waals surface area contributed by atoms with E-state index >= 15 is 0 Å². The molecule has 25 heavy (non-hydrogen) atoms. The number of nitrogens with one attached hydrogen (secondary N) is 2. The summed E-state index contributed by atoms with van der Waals surface area (Å²) in [5.41, 5.74) is 4.36. The van der Waals surface area contributed by atoms with Crippen molar-refractivity contribution in [2.45, 2.75) is 26.8 Å². The third-order valence-corrected chi connectivity index (χ3v) is 4.46. The molecule has 6 nitrogen and oxygen atoms in total. The summed E-state index contributed by atoms with van der Waals surface area (Å²) >= 11 is 0. The molecule has 0 aliphatic carbocycles. The highest BCUT2D eigenvalue weighted by Gasteiger charge is 2.10. The standard InChI is InChI=1S/C19H25N5O/c1-13-17(14(2)24(4)23-13)12-22-19(20-3)21-10-9-16-11-15-7-5-6-8-18(15)25-16/h5-8,11H,9-10,12H2,1-4H3,(H2,20,21,22). The molecule has 0 fully saturated rings. The van der Waals surface area contributed by atoms with Gasteiger partial charge in [0, 0.05) is 50.2 Å².